The molecule has 0 spiro atoms. The minimum atomic E-state index is -1.06. The number of hydrogen-bond donors (Lipinski definition) is 2. The van der Waals surface area contributed by atoms with Gasteiger partial charge in [0.05, 0.1) is 17.3 Å². The lowest BCUT2D eigenvalue weighted by molar-refractivity contribution is 0.196. The largest absolute Gasteiger partial charge is 0.485 e. The van der Waals surface area contributed by atoms with Crippen molar-refractivity contribution in [2.75, 3.05) is 25.4 Å². The Hall–Kier alpha value is -1.68. The zero-order valence-corrected chi connectivity index (χ0v) is 19.9. The van der Waals surface area contributed by atoms with Crippen molar-refractivity contribution < 1.29 is 13.3 Å². The maximum atomic E-state index is 13.8. The van der Waals surface area contributed by atoms with Gasteiger partial charge in [-0.15, -0.1) is 24.0 Å². The van der Waals surface area contributed by atoms with Gasteiger partial charge in [-0.1, -0.05) is 37.3 Å². The van der Waals surface area contributed by atoms with Crippen LogP contribution in [-0.4, -0.2) is 41.7 Å². The monoisotopic (exact) mass is 533 g/mol. The van der Waals surface area contributed by atoms with E-state index in [0.717, 1.165) is 4.90 Å². The van der Waals surface area contributed by atoms with Crippen LogP contribution >= 0.6 is 24.0 Å². The van der Waals surface area contributed by atoms with Crippen LogP contribution in [0.25, 0.3) is 0 Å². The maximum absolute atomic E-state index is 13.8. The Morgan fingerprint density at radius 1 is 1.10 bits per heavy atom. The van der Waals surface area contributed by atoms with E-state index in [1.54, 1.807) is 18.2 Å². The highest BCUT2D eigenvalue weighted by Crippen LogP contribution is 2.18. The molecule has 2 aromatic carbocycles. The second kappa shape index (κ2) is 14.3. The van der Waals surface area contributed by atoms with Crippen molar-refractivity contribution in [2.24, 2.45) is 4.99 Å². The summed E-state index contributed by atoms with van der Waals surface area (Å²) >= 11 is 0. The molecule has 0 saturated carbocycles. The van der Waals surface area contributed by atoms with Crippen molar-refractivity contribution in [1.29, 1.82) is 0 Å². The molecule has 2 N–H and O–H groups in total. The number of para-hydroxylation sites is 1. The van der Waals surface area contributed by atoms with Crippen LogP contribution in [-0.2, 0) is 10.8 Å². The molecule has 0 radical (unpaired) electrons. The predicted octanol–water partition coefficient (Wildman–Crippen LogP) is 3.96. The highest BCUT2D eigenvalue weighted by molar-refractivity contribution is 14.0. The Labute approximate surface area is 192 Å². The molecule has 0 bridgehead atoms. The Bertz CT molecular complexity index is 778. The number of benzene rings is 2. The molecule has 0 aliphatic carbocycles. The van der Waals surface area contributed by atoms with Gasteiger partial charge in [-0.2, -0.15) is 0 Å². The Kier molecular flexibility index (Phi) is 12.5. The molecule has 5 nitrogen and oxygen atoms in total. The molecule has 8 heteroatoms. The second-order valence-electron chi connectivity index (χ2n) is 6.09. The molecule has 2 unspecified atom stereocenters. The van der Waals surface area contributed by atoms with Crippen LogP contribution in [0.4, 0.5) is 4.39 Å². The first-order chi connectivity index (χ1) is 13.6. The number of aliphatic imine (C=N–C) groups is 1. The lowest BCUT2D eigenvalue weighted by atomic mass is 10.2. The van der Waals surface area contributed by atoms with Gasteiger partial charge >= 0.3 is 0 Å². The normalized spacial score (nSPS) is 13.1. The molecule has 0 aromatic heterocycles. The summed E-state index contributed by atoms with van der Waals surface area (Å²) in [7, 11) is -1.06. The minimum absolute atomic E-state index is 0. The number of hydrogen-bond acceptors (Lipinski definition) is 3. The van der Waals surface area contributed by atoms with Gasteiger partial charge in [0, 0.05) is 23.7 Å². The van der Waals surface area contributed by atoms with Crippen molar-refractivity contribution in [1.82, 2.24) is 10.6 Å². The summed E-state index contributed by atoms with van der Waals surface area (Å²) in [5, 5.41) is 6.35. The molecule has 29 heavy (non-hydrogen) atoms. The molecule has 0 amide bonds. The fourth-order valence-corrected chi connectivity index (χ4v) is 3.44. The lowest BCUT2D eigenvalue weighted by Gasteiger charge is -2.17. The molecule has 0 aliphatic rings. The topological polar surface area (TPSA) is 62.7 Å². The molecule has 2 aromatic rings. The fraction of sp³-hybridized carbons (Fsp3) is 0.381. The summed E-state index contributed by atoms with van der Waals surface area (Å²) in [5.74, 6) is 0.972. The average molecular weight is 533 g/mol. The smallest absolute Gasteiger partial charge is 0.191 e. The Balaban J connectivity index is 0.00000420. The van der Waals surface area contributed by atoms with Crippen molar-refractivity contribution in [2.45, 2.75) is 31.3 Å². The Morgan fingerprint density at radius 2 is 1.79 bits per heavy atom. The SMILES string of the molecule is CCNC(=NCC(CC)Oc1ccccc1F)NCCS(=O)c1ccccc1.I. The third-order valence-electron chi connectivity index (χ3n) is 3.97. The first-order valence-corrected chi connectivity index (χ1v) is 10.8. The van der Waals surface area contributed by atoms with Gasteiger partial charge in [-0.3, -0.25) is 4.21 Å². The molecule has 0 heterocycles. The van der Waals surface area contributed by atoms with E-state index in [1.807, 2.05) is 44.2 Å². The minimum Gasteiger partial charge on any atom is -0.485 e. The lowest BCUT2D eigenvalue weighted by Crippen LogP contribution is -2.40. The van der Waals surface area contributed by atoms with Gasteiger partial charge in [0.2, 0.25) is 0 Å². The zero-order valence-electron chi connectivity index (χ0n) is 16.8. The zero-order chi connectivity index (χ0) is 20.2. The van der Waals surface area contributed by atoms with E-state index in [0.29, 0.717) is 37.8 Å². The number of halogens is 2. The molecule has 0 fully saturated rings. The second-order valence-corrected chi connectivity index (χ2v) is 7.66. The summed E-state index contributed by atoms with van der Waals surface area (Å²) in [6, 6.07) is 15.8. The number of rotatable bonds is 10. The number of guanidine groups is 1. The number of nitrogens with zero attached hydrogens (tertiary/aromatic N) is 1. The van der Waals surface area contributed by atoms with Crippen molar-refractivity contribution in [3.8, 4) is 5.75 Å². The van der Waals surface area contributed by atoms with Crippen molar-refractivity contribution >= 4 is 40.7 Å². The van der Waals surface area contributed by atoms with E-state index in [1.165, 1.54) is 6.07 Å². The Morgan fingerprint density at radius 3 is 2.45 bits per heavy atom. The number of nitrogens with one attached hydrogen (secondary N) is 2. The molecule has 2 atom stereocenters. The molecule has 0 aliphatic heterocycles. The van der Waals surface area contributed by atoms with Crippen LogP contribution in [0.3, 0.4) is 0 Å². The third-order valence-corrected chi connectivity index (χ3v) is 5.34. The van der Waals surface area contributed by atoms with Crippen molar-refractivity contribution in [3.05, 3.63) is 60.4 Å². The first kappa shape index (κ1) is 25.4. The molecular formula is C21H29FIN3O2S. The predicted molar refractivity (Wildman–Crippen MR) is 128 cm³/mol. The van der Waals surface area contributed by atoms with Gasteiger partial charge in [0.1, 0.15) is 6.10 Å². The van der Waals surface area contributed by atoms with E-state index >= 15 is 0 Å². The third kappa shape index (κ3) is 9.12. The molecule has 2 rings (SSSR count). The van der Waals surface area contributed by atoms with Crippen LogP contribution in [0, 0.1) is 5.82 Å². The summed E-state index contributed by atoms with van der Waals surface area (Å²) < 4.78 is 31.8. The highest BCUT2D eigenvalue weighted by Gasteiger charge is 2.11. The quantitative estimate of drug-likeness (QED) is 0.276. The van der Waals surface area contributed by atoms with E-state index in [4.69, 9.17) is 4.74 Å². The summed E-state index contributed by atoms with van der Waals surface area (Å²) in [6.45, 7) is 5.58. The van der Waals surface area contributed by atoms with E-state index in [2.05, 4.69) is 15.6 Å². The molecule has 160 valence electrons. The van der Waals surface area contributed by atoms with Gasteiger partial charge < -0.3 is 15.4 Å². The van der Waals surface area contributed by atoms with E-state index < -0.39 is 10.8 Å². The van der Waals surface area contributed by atoms with E-state index in [-0.39, 0.29) is 41.6 Å². The van der Waals surface area contributed by atoms with Crippen LogP contribution in [0.1, 0.15) is 20.3 Å². The highest BCUT2D eigenvalue weighted by atomic mass is 127. The first-order valence-electron chi connectivity index (χ1n) is 9.50. The summed E-state index contributed by atoms with van der Waals surface area (Å²) in [6.07, 6.45) is 0.473. The maximum Gasteiger partial charge on any atom is 0.191 e. The van der Waals surface area contributed by atoms with Gasteiger partial charge in [0.15, 0.2) is 17.5 Å². The van der Waals surface area contributed by atoms with Gasteiger partial charge in [-0.05, 0) is 37.6 Å². The van der Waals surface area contributed by atoms with Crippen LogP contribution in [0.15, 0.2) is 64.5 Å². The molecule has 0 saturated heterocycles. The van der Waals surface area contributed by atoms with Gasteiger partial charge in [-0.25, -0.2) is 9.38 Å². The van der Waals surface area contributed by atoms with Crippen LogP contribution < -0.4 is 15.4 Å². The van der Waals surface area contributed by atoms with Gasteiger partial charge in [0.25, 0.3) is 0 Å². The summed E-state index contributed by atoms with van der Waals surface area (Å²) in [4.78, 5) is 5.34. The van der Waals surface area contributed by atoms with Crippen molar-refractivity contribution in [3.63, 3.8) is 0 Å². The average Bonchev–Trinajstić information content (AvgIpc) is 2.72. The van der Waals surface area contributed by atoms with Crippen LogP contribution in [0.2, 0.25) is 0 Å². The van der Waals surface area contributed by atoms with Crippen LogP contribution in [0.5, 0.6) is 5.75 Å². The fourth-order valence-electron chi connectivity index (χ4n) is 2.46. The molecular weight excluding hydrogens is 504 g/mol. The number of ether oxygens (including phenoxy) is 1. The van der Waals surface area contributed by atoms with E-state index in [9.17, 15) is 8.60 Å². The standard InChI is InChI=1S/C21H28FN3O2S.HI/c1-3-17(27-20-13-9-8-12-19(20)22)16-25-21(23-4-2)24-14-15-28(26)18-10-6-5-7-11-18;/h5-13,17H,3-4,14-16H2,1-2H3,(H2,23,24,25);1H. The summed E-state index contributed by atoms with van der Waals surface area (Å²) in [5.41, 5.74) is 0.